The number of nitrogens with one attached hydrogen (secondary N) is 1. The first-order valence-corrected chi connectivity index (χ1v) is 6.92. The van der Waals surface area contributed by atoms with Gasteiger partial charge in [0.05, 0.1) is 27.2 Å². The molecule has 2 heterocycles. The second-order valence-corrected chi connectivity index (χ2v) is 5.26. The van der Waals surface area contributed by atoms with Crippen LogP contribution in [-0.4, -0.2) is 15.0 Å². The van der Waals surface area contributed by atoms with E-state index >= 15 is 0 Å². The van der Waals surface area contributed by atoms with Crippen molar-refractivity contribution in [1.29, 1.82) is 0 Å². The first kappa shape index (κ1) is 15.5. The molecule has 8 heteroatoms. The van der Waals surface area contributed by atoms with E-state index < -0.39 is 11.7 Å². The summed E-state index contributed by atoms with van der Waals surface area (Å²) in [6.45, 7) is 0. The Bertz CT molecular complexity index is 937. The van der Waals surface area contributed by atoms with Crippen LogP contribution in [0.4, 0.5) is 13.2 Å². The van der Waals surface area contributed by atoms with E-state index in [9.17, 15) is 18.0 Å². The molecule has 0 radical (unpaired) electrons. The Balaban J connectivity index is 1.98. The van der Waals surface area contributed by atoms with Gasteiger partial charge in [-0.1, -0.05) is 23.7 Å². The molecule has 0 atom stereocenters. The van der Waals surface area contributed by atoms with E-state index in [0.717, 1.165) is 6.07 Å². The molecule has 1 aromatic carbocycles. The van der Waals surface area contributed by atoms with Crippen molar-refractivity contribution in [1.82, 2.24) is 15.0 Å². The fourth-order valence-corrected chi connectivity index (χ4v) is 2.36. The van der Waals surface area contributed by atoms with Crippen LogP contribution in [-0.2, 0) is 12.6 Å². The predicted molar refractivity (Wildman–Crippen MR) is 79.4 cm³/mol. The molecule has 118 valence electrons. The summed E-state index contributed by atoms with van der Waals surface area (Å²) in [5.41, 5.74) is -0.549. The maximum Gasteiger partial charge on any atom is 0.417 e. The van der Waals surface area contributed by atoms with Gasteiger partial charge in [0, 0.05) is 12.6 Å². The minimum absolute atomic E-state index is 0.0248. The lowest BCUT2D eigenvalue weighted by Gasteiger charge is -2.09. The van der Waals surface area contributed by atoms with Crippen LogP contribution in [0.2, 0.25) is 5.02 Å². The molecule has 0 aliphatic rings. The molecule has 3 rings (SSSR count). The van der Waals surface area contributed by atoms with Gasteiger partial charge in [-0.05, 0) is 18.2 Å². The van der Waals surface area contributed by atoms with Gasteiger partial charge in [-0.3, -0.25) is 9.78 Å². The summed E-state index contributed by atoms with van der Waals surface area (Å²) < 4.78 is 37.8. The number of hydrogen-bond donors (Lipinski definition) is 1. The number of halogens is 4. The van der Waals surface area contributed by atoms with Crippen LogP contribution in [0.5, 0.6) is 0 Å². The van der Waals surface area contributed by atoms with Gasteiger partial charge in [-0.15, -0.1) is 0 Å². The maximum atomic E-state index is 12.6. The van der Waals surface area contributed by atoms with Crippen molar-refractivity contribution in [2.75, 3.05) is 0 Å². The number of aromatic nitrogens is 3. The van der Waals surface area contributed by atoms with Gasteiger partial charge in [0.25, 0.3) is 5.56 Å². The first-order chi connectivity index (χ1) is 10.8. The second-order valence-electron chi connectivity index (χ2n) is 4.86. The van der Waals surface area contributed by atoms with Crippen LogP contribution in [0, 0.1) is 0 Å². The van der Waals surface area contributed by atoms with E-state index in [4.69, 9.17) is 11.6 Å². The molecule has 0 aliphatic carbocycles. The normalized spacial score (nSPS) is 11.8. The highest BCUT2D eigenvalue weighted by Crippen LogP contribution is 2.31. The largest absolute Gasteiger partial charge is 0.417 e. The summed E-state index contributed by atoms with van der Waals surface area (Å²) in [7, 11) is 0. The summed E-state index contributed by atoms with van der Waals surface area (Å²) >= 11 is 5.86. The standard InChI is InChI=1S/C15H9ClF3N3O/c16-10-5-8(15(17,18)19)7-20-12(10)6-13-21-11-4-2-1-3-9(11)14(23)22-13/h1-5,7H,6H2,(H,21,22,23). The lowest BCUT2D eigenvalue weighted by atomic mass is 10.2. The zero-order valence-electron chi connectivity index (χ0n) is 11.5. The van der Waals surface area contributed by atoms with Crippen molar-refractivity contribution in [3.05, 3.63) is 69.0 Å². The molecule has 4 nitrogen and oxygen atoms in total. The quantitative estimate of drug-likeness (QED) is 0.776. The molecule has 23 heavy (non-hydrogen) atoms. The van der Waals surface area contributed by atoms with Crippen molar-refractivity contribution in [2.24, 2.45) is 0 Å². The van der Waals surface area contributed by atoms with E-state index in [-0.39, 0.29) is 28.5 Å². The third-order valence-corrected chi connectivity index (χ3v) is 3.57. The topological polar surface area (TPSA) is 58.6 Å². The molecule has 0 bridgehead atoms. The third-order valence-electron chi connectivity index (χ3n) is 3.24. The summed E-state index contributed by atoms with van der Waals surface area (Å²) in [6, 6.07) is 7.57. The zero-order chi connectivity index (χ0) is 16.6. The molecule has 1 N–H and O–H groups in total. The van der Waals surface area contributed by atoms with Crippen molar-refractivity contribution < 1.29 is 13.2 Å². The second kappa shape index (κ2) is 5.66. The van der Waals surface area contributed by atoms with Crippen molar-refractivity contribution >= 4 is 22.5 Å². The molecule has 0 saturated heterocycles. The Labute approximate surface area is 133 Å². The Morgan fingerprint density at radius 2 is 1.96 bits per heavy atom. The Kier molecular flexibility index (Phi) is 3.81. The van der Waals surface area contributed by atoms with Crippen LogP contribution in [0.25, 0.3) is 10.9 Å². The predicted octanol–water partition coefficient (Wildman–Crippen LogP) is 3.58. The van der Waals surface area contributed by atoms with Crippen LogP contribution < -0.4 is 5.56 Å². The highest BCUT2D eigenvalue weighted by molar-refractivity contribution is 6.31. The minimum atomic E-state index is -4.51. The van der Waals surface area contributed by atoms with E-state index in [1.807, 2.05) is 0 Å². The van der Waals surface area contributed by atoms with Crippen LogP contribution in [0.15, 0.2) is 41.3 Å². The summed E-state index contributed by atoms with van der Waals surface area (Å²) in [4.78, 5) is 22.5. The third kappa shape index (κ3) is 3.19. The lowest BCUT2D eigenvalue weighted by Crippen LogP contribution is -2.13. The van der Waals surface area contributed by atoms with E-state index in [1.165, 1.54) is 0 Å². The molecule has 3 aromatic rings. The van der Waals surface area contributed by atoms with Crippen LogP contribution >= 0.6 is 11.6 Å². The number of alkyl halides is 3. The number of rotatable bonds is 2. The molecular formula is C15H9ClF3N3O. The number of H-pyrrole nitrogens is 1. The van der Waals surface area contributed by atoms with E-state index in [0.29, 0.717) is 17.1 Å². The van der Waals surface area contributed by atoms with Gasteiger partial charge < -0.3 is 4.98 Å². The van der Waals surface area contributed by atoms with Gasteiger partial charge in [0.2, 0.25) is 0 Å². The molecule has 0 spiro atoms. The highest BCUT2D eigenvalue weighted by atomic mass is 35.5. The molecular weight excluding hydrogens is 331 g/mol. The van der Waals surface area contributed by atoms with E-state index in [2.05, 4.69) is 15.0 Å². The SMILES string of the molecule is O=c1[nH]c(Cc2ncc(C(F)(F)F)cc2Cl)nc2ccccc12. The molecule has 0 saturated carbocycles. The van der Waals surface area contributed by atoms with Crippen molar-refractivity contribution in [2.45, 2.75) is 12.6 Å². The highest BCUT2D eigenvalue weighted by Gasteiger charge is 2.31. The molecule has 0 amide bonds. The molecule has 0 aliphatic heterocycles. The van der Waals surface area contributed by atoms with Gasteiger partial charge in [-0.2, -0.15) is 13.2 Å². The van der Waals surface area contributed by atoms with Gasteiger partial charge in [0.15, 0.2) is 0 Å². The number of hydrogen-bond acceptors (Lipinski definition) is 3. The molecule has 2 aromatic heterocycles. The Hall–Kier alpha value is -2.41. The van der Waals surface area contributed by atoms with Crippen LogP contribution in [0.3, 0.4) is 0 Å². The van der Waals surface area contributed by atoms with Crippen molar-refractivity contribution in [3.8, 4) is 0 Å². The smallest absolute Gasteiger partial charge is 0.310 e. The Morgan fingerprint density at radius 1 is 1.22 bits per heavy atom. The average Bonchev–Trinajstić information content (AvgIpc) is 2.48. The van der Waals surface area contributed by atoms with Gasteiger partial charge in [-0.25, -0.2) is 4.98 Å². The summed E-state index contributed by atoms with van der Waals surface area (Å²) in [5.74, 6) is 0.280. The number of fused-ring (bicyclic) bond motifs is 1. The minimum Gasteiger partial charge on any atom is -0.310 e. The van der Waals surface area contributed by atoms with Gasteiger partial charge >= 0.3 is 6.18 Å². The number of pyridine rings is 1. The van der Waals surface area contributed by atoms with E-state index in [1.54, 1.807) is 24.3 Å². The maximum absolute atomic E-state index is 12.6. The zero-order valence-corrected chi connectivity index (χ0v) is 12.2. The summed E-state index contributed by atoms with van der Waals surface area (Å²) in [5, 5.41) is 0.304. The summed E-state index contributed by atoms with van der Waals surface area (Å²) in [6.07, 6.45) is -3.78. The van der Waals surface area contributed by atoms with Crippen molar-refractivity contribution in [3.63, 3.8) is 0 Å². The fraction of sp³-hybridized carbons (Fsp3) is 0.133. The number of nitrogens with zero attached hydrogens (tertiary/aromatic N) is 2. The number of para-hydroxylation sites is 1. The molecule has 0 unspecified atom stereocenters. The fourth-order valence-electron chi connectivity index (χ4n) is 2.13. The number of aromatic amines is 1. The lowest BCUT2D eigenvalue weighted by molar-refractivity contribution is -0.137. The van der Waals surface area contributed by atoms with Crippen LogP contribution in [0.1, 0.15) is 17.1 Å². The monoisotopic (exact) mass is 339 g/mol. The first-order valence-electron chi connectivity index (χ1n) is 6.54. The molecule has 0 fully saturated rings. The Morgan fingerprint density at radius 3 is 2.65 bits per heavy atom. The average molecular weight is 340 g/mol. The number of benzene rings is 1. The van der Waals surface area contributed by atoms with Gasteiger partial charge in [0.1, 0.15) is 5.82 Å².